The monoisotopic (exact) mass is 319 g/mol. The SMILES string of the molecule is Cc1ccc(Nc2ncnc(Nc3ccccc3C)c2N)cc1C. The molecule has 0 radical (unpaired) electrons. The first-order chi connectivity index (χ1) is 11.5. The third-order valence-corrected chi connectivity index (χ3v) is 4.05. The topological polar surface area (TPSA) is 75.9 Å². The van der Waals surface area contributed by atoms with E-state index < -0.39 is 0 Å². The summed E-state index contributed by atoms with van der Waals surface area (Å²) < 4.78 is 0. The summed E-state index contributed by atoms with van der Waals surface area (Å²) >= 11 is 0. The van der Waals surface area contributed by atoms with Gasteiger partial charge in [0.15, 0.2) is 11.6 Å². The van der Waals surface area contributed by atoms with Gasteiger partial charge in [0.1, 0.15) is 12.0 Å². The molecule has 0 amide bonds. The zero-order valence-electron chi connectivity index (χ0n) is 14.1. The van der Waals surface area contributed by atoms with Crippen LogP contribution in [0.5, 0.6) is 0 Å². The van der Waals surface area contributed by atoms with Gasteiger partial charge in [-0.15, -0.1) is 0 Å². The molecule has 1 heterocycles. The minimum absolute atomic E-state index is 0.485. The average Bonchev–Trinajstić information content (AvgIpc) is 2.57. The van der Waals surface area contributed by atoms with Crippen molar-refractivity contribution in [3.05, 3.63) is 65.5 Å². The largest absolute Gasteiger partial charge is 0.393 e. The Bertz CT molecular complexity index is 873. The highest BCUT2D eigenvalue weighted by atomic mass is 15.1. The van der Waals surface area contributed by atoms with Crippen molar-refractivity contribution >= 4 is 28.7 Å². The number of para-hydroxylation sites is 1. The molecule has 0 spiro atoms. The number of nitrogen functional groups attached to an aromatic ring is 1. The Balaban J connectivity index is 1.88. The predicted molar refractivity (Wildman–Crippen MR) is 100 cm³/mol. The first-order valence-corrected chi connectivity index (χ1v) is 7.82. The number of anilines is 5. The van der Waals surface area contributed by atoms with Crippen molar-refractivity contribution in [3.63, 3.8) is 0 Å². The number of rotatable bonds is 4. The van der Waals surface area contributed by atoms with Crippen molar-refractivity contribution in [3.8, 4) is 0 Å². The van der Waals surface area contributed by atoms with E-state index in [1.54, 1.807) is 0 Å². The molecule has 0 saturated carbocycles. The van der Waals surface area contributed by atoms with E-state index in [2.05, 4.69) is 46.6 Å². The van der Waals surface area contributed by atoms with Crippen LogP contribution in [0.1, 0.15) is 16.7 Å². The van der Waals surface area contributed by atoms with Crippen LogP contribution < -0.4 is 16.4 Å². The molecule has 122 valence electrons. The van der Waals surface area contributed by atoms with E-state index in [9.17, 15) is 0 Å². The van der Waals surface area contributed by atoms with Gasteiger partial charge in [-0.2, -0.15) is 0 Å². The molecule has 24 heavy (non-hydrogen) atoms. The molecule has 5 heteroatoms. The molecule has 0 saturated heterocycles. The predicted octanol–water partition coefficient (Wildman–Crippen LogP) is 4.47. The number of aromatic nitrogens is 2. The number of nitrogens with one attached hydrogen (secondary N) is 2. The fourth-order valence-electron chi connectivity index (χ4n) is 2.39. The highest BCUT2D eigenvalue weighted by Crippen LogP contribution is 2.29. The van der Waals surface area contributed by atoms with Gasteiger partial charge in [0, 0.05) is 11.4 Å². The molecular weight excluding hydrogens is 298 g/mol. The third-order valence-electron chi connectivity index (χ3n) is 4.05. The van der Waals surface area contributed by atoms with Crippen LogP contribution >= 0.6 is 0 Å². The van der Waals surface area contributed by atoms with Crippen LogP contribution in [0, 0.1) is 20.8 Å². The van der Waals surface area contributed by atoms with Gasteiger partial charge in [0.05, 0.1) is 0 Å². The second-order valence-corrected chi connectivity index (χ2v) is 5.85. The Morgan fingerprint density at radius 1 is 0.792 bits per heavy atom. The van der Waals surface area contributed by atoms with Gasteiger partial charge in [-0.25, -0.2) is 9.97 Å². The zero-order chi connectivity index (χ0) is 17.1. The first kappa shape index (κ1) is 15.8. The maximum absolute atomic E-state index is 6.25. The number of benzene rings is 2. The Hall–Kier alpha value is -3.08. The van der Waals surface area contributed by atoms with Crippen molar-refractivity contribution in [1.29, 1.82) is 0 Å². The fourth-order valence-corrected chi connectivity index (χ4v) is 2.39. The van der Waals surface area contributed by atoms with Crippen LogP contribution in [0.3, 0.4) is 0 Å². The molecule has 3 aromatic rings. The second-order valence-electron chi connectivity index (χ2n) is 5.85. The lowest BCUT2D eigenvalue weighted by atomic mass is 10.1. The molecule has 0 aliphatic carbocycles. The Kier molecular flexibility index (Phi) is 4.33. The van der Waals surface area contributed by atoms with Crippen LogP contribution in [0.15, 0.2) is 48.8 Å². The number of hydrogen-bond acceptors (Lipinski definition) is 5. The lowest BCUT2D eigenvalue weighted by molar-refractivity contribution is 1.17. The average molecular weight is 319 g/mol. The Morgan fingerprint density at radius 3 is 2.21 bits per heavy atom. The van der Waals surface area contributed by atoms with E-state index in [4.69, 9.17) is 5.73 Å². The molecule has 1 aromatic heterocycles. The van der Waals surface area contributed by atoms with E-state index >= 15 is 0 Å². The third kappa shape index (κ3) is 3.30. The van der Waals surface area contributed by atoms with Crippen LogP contribution in [-0.2, 0) is 0 Å². The molecule has 0 fully saturated rings. The Labute approximate surface area is 142 Å². The van der Waals surface area contributed by atoms with Gasteiger partial charge in [-0.1, -0.05) is 24.3 Å². The van der Waals surface area contributed by atoms with Crippen LogP contribution in [0.4, 0.5) is 28.7 Å². The summed E-state index contributed by atoms with van der Waals surface area (Å²) in [6, 6.07) is 14.2. The molecule has 0 atom stereocenters. The molecule has 3 rings (SSSR count). The summed E-state index contributed by atoms with van der Waals surface area (Å²) in [5.41, 5.74) is 12.2. The van der Waals surface area contributed by atoms with Gasteiger partial charge < -0.3 is 16.4 Å². The van der Waals surface area contributed by atoms with E-state index in [0.29, 0.717) is 17.3 Å². The maximum atomic E-state index is 6.25. The zero-order valence-corrected chi connectivity index (χ0v) is 14.1. The summed E-state index contributed by atoms with van der Waals surface area (Å²) in [5, 5.41) is 6.54. The van der Waals surface area contributed by atoms with Crippen molar-refractivity contribution in [2.75, 3.05) is 16.4 Å². The second kappa shape index (κ2) is 6.58. The molecule has 0 aliphatic rings. The normalized spacial score (nSPS) is 10.5. The van der Waals surface area contributed by atoms with Crippen LogP contribution in [0.25, 0.3) is 0 Å². The lowest BCUT2D eigenvalue weighted by Gasteiger charge is -2.14. The van der Waals surface area contributed by atoms with Crippen molar-refractivity contribution in [2.24, 2.45) is 0 Å². The quantitative estimate of drug-likeness (QED) is 0.661. The standard InChI is InChI=1S/C19H21N5/c1-12-8-9-15(10-14(12)3)23-18-17(20)19(22-11-21-18)24-16-7-5-4-6-13(16)2/h4-11H,20H2,1-3H3,(H2,21,22,23,24). The van der Waals surface area contributed by atoms with E-state index in [1.165, 1.54) is 17.5 Å². The molecule has 5 nitrogen and oxygen atoms in total. The molecule has 0 aliphatic heterocycles. The highest BCUT2D eigenvalue weighted by molar-refractivity contribution is 5.80. The summed E-state index contributed by atoms with van der Waals surface area (Å²) in [6.45, 7) is 6.20. The maximum Gasteiger partial charge on any atom is 0.159 e. The van der Waals surface area contributed by atoms with E-state index in [-0.39, 0.29) is 0 Å². The summed E-state index contributed by atoms with van der Waals surface area (Å²) in [4.78, 5) is 8.52. The molecule has 0 bridgehead atoms. The molecule has 4 N–H and O–H groups in total. The summed E-state index contributed by atoms with van der Waals surface area (Å²) in [7, 11) is 0. The Morgan fingerprint density at radius 2 is 1.50 bits per heavy atom. The minimum atomic E-state index is 0.485. The minimum Gasteiger partial charge on any atom is -0.393 e. The summed E-state index contributed by atoms with van der Waals surface area (Å²) in [6.07, 6.45) is 1.50. The van der Waals surface area contributed by atoms with E-state index in [1.807, 2.05) is 37.3 Å². The van der Waals surface area contributed by atoms with Crippen molar-refractivity contribution in [1.82, 2.24) is 9.97 Å². The summed E-state index contributed by atoms with van der Waals surface area (Å²) in [5.74, 6) is 1.18. The number of aryl methyl sites for hydroxylation is 3. The van der Waals surface area contributed by atoms with Gasteiger partial charge in [0.2, 0.25) is 0 Å². The van der Waals surface area contributed by atoms with Crippen LogP contribution in [0.2, 0.25) is 0 Å². The first-order valence-electron chi connectivity index (χ1n) is 7.82. The number of nitrogens with two attached hydrogens (primary N) is 1. The van der Waals surface area contributed by atoms with Gasteiger partial charge in [-0.05, 0) is 55.7 Å². The van der Waals surface area contributed by atoms with Gasteiger partial charge in [0.25, 0.3) is 0 Å². The van der Waals surface area contributed by atoms with E-state index in [0.717, 1.165) is 16.9 Å². The lowest BCUT2D eigenvalue weighted by Crippen LogP contribution is -2.05. The number of nitrogens with zero attached hydrogens (tertiary/aromatic N) is 2. The highest BCUT2D eigenvalue weighted by Gasteiger charge is 2.10. The molecular formula is C19H21N5. The smallest absolute Gasteiger partial charge is 0.159 e. The molecule has 2 aromatic carbocycles. The molecule has 0 unspecified atom stereocenters. The van der Waals surface area contributed by atoms with Gasteiger partial charge >= 0.3 is 0 Å². The van der Waals surface area contributed by atoms with Crippen molar-refractivity contribution in [2.45, 2.75) is 20.8 Å². The fraction of sp³-hybridized carbons (Fsp3) is 0.158. The van der Waals surface area contributed by atoms with Crippen molar-refractivity contribution < 1.29 is 0 Å². The van der Waals surface area contributed by atoms with Gasteiger partial charge in [-0.3, -0.25) is 0 Å². The number of hydrogen-bond donors (Lipinski definition) is 3. The van der Waals surface area contributed by atoms with Crippen LogP contribution in [-0.4, -0.2) is 9.97 Å².